The lowest BCUT2D eigenvalue weighted by Crippen LogP contribution is -2.02. The van der Waals surface area contributed by atoms with Gasteiger partial charge in [0.05, 0.1) is 9.99 Å². The molecule has 0 amide bonds. The van der Waals surface area contributed by atoms with Gasteiger partial charge in [0.15, 0.2) is 5.58 Å². The fraction of sp³-hybridized carbons (Fsp3) is 0.188. The molecular weight excluding hydrogens is 344 g/mol. The van der Waals surface area contributed by atoms with Crippen LogP contribution in [0.25, 0.3) is 33.6 Å². The molecule has 2 aromatic heterocycles. The first kappa shape index (κ1) is 13.5. The van der Waals surface area contributed by atoms with Crippen LogP contribution in [0.5, 0.6) is 0 Å². The van der Waals surface area contributed by atoms with Crippen LogP contribution in [0.3, 0.4) is 0 Å². The highest BCUT2D eigenvalue weighted by Crippen LogP contribution is 2.30. The molecule has 22 heavy (non-hydrogen) atoms. The van der Waals surface area contributed by atoms with E-state index in [0.29, 0.717) is 5.89 Å². The number of halogens is 1. The van der Waals surface area contributed by atoms with Gasteiger partial charge in [0, 0.05) is 11.6 Å². The van der Waals surface area contributed by atoms with E-state index >= 15 is 0 Å². The van der Waals surface area contributed by atoms with Gasteiger partial charge in [0.25, 0.3) is 0 Å². The zero-order valence-electron chi connectivity index (χ0n) is 12.1. The summed E-state index contributed by atoms with van der Waals surface area (Å²) in [7, 11) is 0. The summed E-state index contributed by atoms with van der Waals surface area (Å²) in [4.78, 5) is 4.54. The van der Waals surface area contributed by atoms with E-state index < -0.39 is 0 Å². The van der Waals surface area contributed by atoms with Crippen molar-refractivity contribution in [2.75, 3.05) is 0 Å². The number of fused-ring (bicyclic) bond motifs is 2. The molecule has 0 aliphatic heterocycles. The normalized spacial score (nSPS) is 11.8. The molecule has 4 aromatic rings. The third kappa shape index (κ3) is 2.02. The van der Waals surface area contributed by atoms with Crippen molar-refractivity contribution in [2.45, 2.75) is 19.9 Å². The maximum Gasteiger partial charge on any atom is 0.227 e. The van der Waals surface area contributed by atoms with Crippen molar-refractivity contribution in [3.8, 4) is 11.5 Å². The second kappa shape index (κ2) is 4.91. The second-order valence-electron chi connectivity index (χ2n) is 5.44. The maximum absolute atomic E-state index is 5.88. The van der Waals surface area contributed by atoms with Gasteiger partial charge in [-0.25, -0.2) is 9.67 Å². The highest BCUT2D eigenvalue weighted by atomic mass is 79.9. The second-order valence-corrected chi connectivity index (χ2v) is 6.29. The molecule has 6 heteroatoms. The Hall–Kier alpha value is -2.21. The van der Waals surface area contributed by atoms with Gasteiger partial charge >= 0.3 is 0 Å². The van der Waals surface area contributed by atoms with Crippen LogP contribution in [0.15, 0.2) is 45.3 Å². The van der Waals surface area contributed by atoms with Gasteiger partial charge in [0.1, 0.15) is 11.0 Å². The SMILES string of the molecule is CC(C)n1nnc2cc(-c3nc4cccc(Br)c4o3)ccc21. The molecule has 0 bridgehead atoms. The molecule has 0 fully saturated rings. The number of oxazole rings is 1. The Kier molecular flexibility index (Phi) is 3.00. The fourth-order valence-corrected chi connectivity index (χ4v) is 2.93. The van der Waals surface area contributed by atoms with Gasteiger partial charge in [-0.2, -0.15) is 0 Å². The minimum absolute atomic E-state index is 0.274. The van der Waals surface area contributed by atoms with E-state index in [0.717, 1.165) is 32.2 Å². The molecule has 0 aliphatic rings. The number of para-hydroxylation sites is 1. The summed E-state index contributed by atoms with van der Waals surface area (Å²) in [5.41, 5.74) is 4.33. The van der Waals surface area contributed by atoms with Gasteiger partial charge in [-0.1, -0.05) is 11.3 Å². The summed E-state index contributed by atoms with van der Waals surface area (Å²) in [6.07, 6.45) is 0. The first-order valence-electron chi connectivity index (χ1n) is 7.04. The molecule has 0 unspecified atom stereocenters. The number of hydrogen-bond acceptors (Lipinski definition) is 4. The van der Waals surface area contributed by atoms with Crippen molar-refractivity contribution in [1.82, 2.24) is 20.0 Å². The Balaban J connectivity index is 1.87. The van der Waals surface area contributed by atoms with Crippen LogP contribution in [-0.2, 0) is 0 Å². The topological polar surface area (TPSA) is 56.7 Å². The summed E-state index contributed by atoms with van der Waals surface area (Å²) in [6.45, 7) is 4.17. The highest BCUT2D eigenvalue weighted by Gasteiger charge is 2.13. The van der Waals surface area contributed by atoms with E-state index in [1.165, 1.54) is 0 Å². The first-order chi connectivity index (χ1) is 10.6. The number of aromatic nitrogens is 4. The maximum atomic E-state index is 5.88. The molecule has 0 spiro atoms. The quantitative estimate of drug-likeness (QED) is 0.527. The Labute approximate surface area is 135 Å². The van der Waals surface area contributed by atoms with Gasteiger partial charge in [-0.15, -0.1) is 5.10 Å². The van der Waals surface area contributed by atoms with Crippen LogP contribution in [0.1, 0.15) is 19.9 Å². The van der Waals surface area contributed by atoms with E-state index in [2.05, 4.69) is 45.1 Å². The van der Waals surface area contributed by atoms with Crippen LogP contribution in [0, 0.1) is 0 Å². The average molecular weight is 357 g/mol. The van der Waals surface area contributed by atoms with E-state index in [1.807, 2.05) is 41.1 Å². The minimum Gasteiger partial charge on any atom is -0.435 e. The zero-order chi connectivity index (χ0) is 15.3. The molecule has 0 radical (unpaired) electrons. The summed E-state index contributed by atoms with van der Waals surface area (Å²) in [5, 5.41) is 8.43. The molecule has 0 N–H and O–H groups in total. The minimum atomic E-state index is 0.274. The molecule has 0 saturated carbocycles. The van der Waals surface area contributed by atoms with Gasteiger partial charge < -0.3 is 4.42 Å². The van der Waals surface area contributed by atoms with Gasteiger partial charge in [-0.05, 0) is 60.1 Å². The largest absolute Gasteiger partial charge is 0.435 e. The van der Waals surface area contributed by atoms with Crippen molar-refractivity contribution in [2.24, 2.45) is 0 Å². The highest BCUT2D eigenvalue weighted by molar-refractivity contribution is 9.10. The van der Waals surface area contributed by atoms with Crippen molar-refractivity contribution in [3.05, 3.63) is 40.9 Å². The number of benzene rings is 2. The number of rotatable bonds is 2. The van der Waals surface area contributed by atoms with Crippen LogP contribution < -0.4 is 0 Å². The Morgan fingerprint density at radius 2 is 2.00 bits per heavy atom. The third-order valence-corrected chi connectivity index (χ3v) is 4.20. The van der Waals surface area contributed by atoms with Crippen molar-refractivity contribution in [1.29, 1.82) is 0 Å². The number of nitrogens with zero attached hydrogens (tertiary/aromatic N) is 4. The Morgan fingerprint density at radius 1 is 1.14 bits per heavy atom. The van der Waals surface area contributed by atoms with Gasteiger partial charge in [-0.3, -0.25) is 0 Å². The molecule has 4 rings (SSSR count). The summed E-state index contributed by atoms with van der Waals surface area (Å²) >= 11 is 3.48. The smallest absolute Gasteiger partial charge is 0.227 e. The Bertz CT molecular complexity index is 986. The van der Waals surface area contributed by atoms with Crippen LogP contribution >= 0.6 is 15.9 Å². The lowest BCUT2D eigenvalue weighted by molar-refractivity contribution is 0.530. The molecule has 0 atom stereocenters. The van der Waals surface area contributed by atoms with Crippen LogP contribution in [-0.4, -0.2) is 20.0 Å². The predicted molar refractivity (Wildman–Crippen MR) is 88.6 cm³/mol. The zero-order valence-corrected chi connectivity index (χ0v) is 13.7. The lowest BCUT2D eigenvalue weighted by atomic mass is 10.2. The molecule has 5 nitrogen and oxygen atoms in total. The summed E-state index contributed by atoms with van der Waals surface area (Å²) in [6, 6.07) is 12.0. The number of hydrogen-bond donors (Lipinski definition) is 0. The summed E-state index contributed by atoms with van der Waals surface area (Å²) in [5.74, 6) is 0.586. The molecule has 110 valence electrons. The van der Waals surface area contributed by atoms with E-state index in [4.69, 9.17) is 4.42 Å². The van der Waals surface area contributed by atoms with Crippen LogP contribution in [0.2, 0.25) is 0 Å². The van der Waals surface area contributed by atoms with E-state index in [9.17, 15) is 0 Å². The first-order valence-corrected chi connectivity index (χ1v) is 7.83. The molecular formula is C16H13BrN4O. The van der Waals surface area contributed by atoms with Crippen molar-refractivity contribution >= 4 is 38.1 Å². The molecule has 2 heterocycles. The Morgan fingerprint density at radius 3 is 2.77 bits per heavy atom. The van der Waals surface area contributed by atoms with Gasteiger partial charge in [0.2, 0.25) is 5.89 Å². The van der Waals surface area contributed by atoms with E-state index in [-0.39, 0.29) is 6.04 Å². The molecule has 0 saturated heterocycles. The van der Waals surface area contributed by atoms with Crippen LogP contribution in [0.4, 0.5) is 0 Å². The lowest BCUT2D eigenvalue weighted by Gasteiger charge is -2.04. The van der Waals surface area contributed by atoms with Crippen molar-refractivity contribution < 1.29 is 4.42 Å². The monoisotopic (exact) mass is 356 g/mol. The average Bonchev–Trinajstić information content (AvgIpc) is 3.11. The predicted octanol–water partition coefficient (Wildman–Crippen LogP) is 4.58. The van der Waals surface area contributed by atoms with E-state index in [1.54, 1.807) is 0 Å². The standard InChI is InChI=1S/C16H13BrN4O/c1-9(2)21-14-7-6-10(8-13(14)19-20-21)16-18-12-5-3-4-11(17)15(12)22-16/h3-9H,1-2H3. The molecule has 2 aromatic carbocycles. The fourth-order valence-electron chi connectivity index (χ4n) is 2.50. The third-order valence-electron chi connectivity index (χ3n) is 3.57. The van der Waals surface area contributed by atoms with Crippen molar-refractivity contribution in [3.63, 3.8) is 0 Å². The summed E-state index contributed by atoms with van der Waals surface area (Å²) < 4.78 is 8.68. The molecule has 0 aliphatic carbocycles.